The summed E-state index contributed by atoms with van der Waals surface area (Å²) < 4.78 is 5.26. The zero-order valence-corrected chi connectivity index (χ0v) is 14.9. The molecule has 0 amide bonds. The Hall–Kier alpha value is -2.88. The normalized spacial score (nSPS) is 11.9. The summed E-state index contributed by atoms with van der Waals surface area (Å²) in [4.78, 5) is 22.7. The highest BCUT2D eigenvalue weighted by molar-refractivity contribution is 6.21. The van der Waals surface area contributed by atoms with E-state index in [2.05, 4.69) is 20.8 Å². The minimum atomic E-state index is -1.06. The molecule has 0 fully saturated rings. The molecule has 0 aliphatic heterocycles. The Balaban J connectivity index is 2.50. The largest absolute Gasteiger partial charge is 0.496 e. The molecule has 4 nitrogen and oxygen atoms in total. The van der Waals surface area contributed by atoms with Gasteiger partial charge >= 0.3 is 5.97 Å². The van der Waals surface area contributed by atoms with Crippen LogP contribution in [0.1, 0.15) is 47.8 Å². The van der Waals surface area contributed by atoms with E-state index in [0.717, 1.165) is 5.56 Å². The lowest BCUT2D eigenvalue weighted by molar-refractivity contribution is -0.130. The molecular formula is C21H22O4. The predicted octanol–water partition coefficient (Wildman–Crippen LogP) is 4.43. The lowest BCUT2D eigenvalue weighted by Crippen LogP contribution is -2.10. The van der Waals surface area contributed by atoms with E-state index in [0.29, 0.717) is 23.2 Å². The second-order valence-electron chi connectivity index (χ2n) is 6.81. The topological polar surface area (TPSA) is 63.6 Å². The van der Waals surface area contributed by atoms with Crippen molar-refractivity contribution < 1.29 is 19.4 Å². The fourth-order valence-corrected chi connectivity index (χ4v) is 2.50. The van der Waals surface area contributed by atoms with Gasteiger partial charge in [-0.05, 0) is 34.8 Å². The summed E-state index contributed by atoms with van der Waals surface area (Å²) in [7, 11) is 1.45. The van der Waals surface area contributed by atoms with E-state index in [1.165, 1.54) is 18.7 Å². The van der Waals surface area contributed by atoms with Gasteiger partial charge in [-0.15, -0.1) is 0 Å². The van der Waals surface area contributed by atoms with Crippen molar-refractivity contribution in [3.8, 4) is 5.75 Å². The molecule has 0 aliphatic carbocycles. The van der Waals surface area contributed by atoms with Crippen LogP contribution in [-0.2, 0) is 10.2 Å². The van der Waals surface area contributed by atoms with Crippen molar-refractivity contribution in [1.29, 1.82) is 0 Å². The first-order chi connectivity index (χ1) is 11.8. The van der Waals surface area contributed by atoms with E-state index < -0.39 is 5.97 Å². The lowest BCUT2D eigenvalue weighted by atomic mass is 9.86. The fourth-order valence-electron chi connectivity index (χ4n) is 2.50. The predicted molar refractivity (Wildman–Crippen MR) is 99.0 cm³/mol. The van der Waals surface area contributed by atoms with E-state index in [1.807, 2.05) is 24.3 Å². The smallest absolute Gasteiger partial charge is 0.336 e. The average Bonchev–Trinajstić information content (AvgIpc) is 2.58. The van der Waals surface area contributed by atoms with E-state index in [4.69, 9.17) is 4.74 Å². The third-order valence-electron chi connectivity index (χ3n) is 3.97. The molecule has 0 aromatic heterocycles. The maximum Gasteiger partial charge on any atom is 0.336 e. The first-order valence-electron chi connectivity index (χ1n) is 7.95. The monoisotopic (exact) mass is 338 g/mol. The number of carboxylic acids is 1. The minimum absolute atomic E-state index is 0.0335. The molecule has 2 aromatic carbocycles. The molecule has 1 N–H and O–H groups in total. The summed E-state index contributed by atoms with van der Waals surface area (Å²) in [6, 6.07) is 12.5. The number of aliphatic carboxylic acids is 1. The molecule has 0 saturated carbocycles. The van der Waals surface area contributed by atoms with Crippen LogP contribution in [0.5, 0.6) is 5.75 Å². The number of carbonyl (C=O) groups excluding carboxylic acids is 1. The van der Waals surface area contributed by atoms with E-state index in [9.17, 15) is 14.7 Å². The van der Waals surface area contributed by atoms with E-state index in [1.54, 1.807) is 18.2 Å². The second-order valence-corrected chi connectivity index (χ2v) is 6.81. The molecule has 0 spiro atoms. The van der Waals surface area contributed by atoms with Gasteiger partial charge in [-0.2, -0.15) is 0 Å². The molecule has 4 heteroatoms. The quantitative estimate of drug-likeness (QED) is 0.498. The summed E-state index contributed by atoms with van der Waals surface area (Å²) in [5.74, 6) is -0.707. The zero-order chi connectivity index (χ0) is 18.6. The van der Waals surface area contributed by atoms with Gasteiger partial charge in [0.2, 0.25) is 0 Å². The Kier molecular flexibility index (Phi) is 5.42. The van der Waals surface area contributed by atoms with Crippen LogP contribution >= 0.6 is 0 Å². The van der Waals surface area contributed by atoms with E-state index in [-0.39, 0.29) is 11.0 Å². The Morgan fingerprint density at radius 3 is 2.12 bits per heavy atom. The van der Waals surface area contributed by atoms with Gasteiger partial charge in [0.25, 0.3) is 0 Å². The van der Waals surface area contributed by atoms with Crippen LogP contribution in [0, 0.1) is 0 Å². The number of ether oxygens (including phenoxy) is 1. The number of hydrogen-bond acceptors (Lipinski definition) is 3. The van der Waals surface area contributed by atoms with Crippen LogP contribution in [0.25, 0.3) is 11.6 Å². The Morgan fingerprint density at radius 1 is 1.04 bits per heavy atom. The maximum absolute atomic E-state index is 11.8. The Bertz CT molecular complexity index is 809. The van der Waals surface area contributed by atoms with Gasteiger partial charge in [-0.1, -0.05) is 51.1 Å². The van der Waals surface area contributed by atoms with Crippen molar-refractivity contribution in [2.45, 2.75) is 26.2 Å². The number of carboxylic acid groups (broad SMARTS) is 1. The number of hydrogen-bond donors (Lipinski definition) is 1. The third kappa shape index (κ3) is 4.35. The van der Waals surface area contributed by atoms with E-state index >= 15 is 0 Å². The van der Waals surface area contributed by atoms with Crippen LogP contribution < -0.4 is 4.74 Å². The van der Waals surface area contributed by atoms with Crippen molar-refractivity contribution >= 4 is 23.9 Å². The van der Waals surface area contributed by atoms with Crippen molar-refractivity contribution in [2.75, 3.05) is 7.11 Å². The SMILES string of the molecule is COc1cc(C=O)ccc1/C(=C/c1ccc(C(C)(C)C)cc1)C(=O)O. The molecule has 0 bridgehead atoms. The van der Waals surface area contributed by atoms with Gasteiger partial charge < -0.3 is 9.84 Å². The van der Waals surface area contributed by atoms with Gasteiger partial charge in [0.05, 0.1) is 12.7 Å². The van der Waals surface area contributed by atoms with Crippen molar-refractivity contribution in [3.05, 3.63) is 64.7 Å². The van der Waals surface area contributed by atoms with Gasteiger partial charge in [-0.3, -0.25) is 4.79 Å². The lowest BCUT2D eigenvalue weighted by Gasteiger charge is -2.18. The zero-order valence-electron chi connectivity index (χ0n) is 14.9. The molecule has 0 unspecified atom stereocenters. The molecule has 2 rings (SSSR count). The summed E-state index contributed by atoms with van der Waals surface area (Å²) in [5.41, 5.74) is 2.96. The second kappa shape index (κ2) is 7.34. The van der Waals surface area contributed by atoms with Crippen LogP contribution in [0.3, 0.4) is 0 Å². The molecule has 25 heavy (non-hydrogen) atoms. The van der Waals surface area contributed by atoms with Crippen LogP contribution in [0.2, 0.25) is 0 Å². The highest BCUT2D eigenvalue weighted by Gasteiger charge is 2.17. The van der Waals surface area contributed by atoms with Crippen molar-refractivity contribution in [3.63, 3.8) is 0 Å². The van der Waals surface area contributed by atoms with Crippen LogP contribution in [0.15, 0.2) is 42.5 Å². The minimum Gasteiger partial charge on any atom is -0.496 e. The highest BCUT2D eigenvalue weighted by atomic mass is 16.5. The molecule has 0 saturated heterocycles. The van der Waals surface area contributed by atoms with Gasteiger partial charge in [-0.25, -0.2) is 4.79 Å². The number of rotatable bonds is 5. The number of benzene rings is 2. The first kappa shape index (κ1) is 18.5. The standard InChI is InChI=1S/C21H22O4/c1-21(2,3)16-8-5-14(6-9-16)11-18(20(23)24)17-10-7-15(13-22)12-19(17)25-4/h5-13H,1-4H3,(H,23,24)/b18-11-. The molecule has 0 radical (unpaired) electrons. The summed E-state index contributed by atoms with van der Waals surface area (Å²) in [6.07, 6.45) is 2.30. The summed E-state index contributed by atoms with van der Waals surface area (Å²) >= 11 is 0. The fraction of sp³-hybridized carbons (Fsp3) is 0.238. The first-order valence-corrected chi connectivity index (χ1v) is 7.95. The van der Waals surface area contributed by atoms with Gasteiger partial charge in [0.15, 0.2) is 0 Å². The molecule has 0 atom stereocenters. The molecule has 130 valence electrons. The number of methoxy groups -OCH3 is 1. The average molecular weight is 338 g/mol. The van der Waals surface area contributed by atoms with Crippen molar-refractivity contribution in [1.82, 2.24) is 0 Å². The summed E-state index contributed by atoms with van der Waals surface area (Å²) in [6.45, 7) is 6.37. The third-order valence-corrected chi connectivity index (χ3v) is 3.97. The molecule has 0 aliphatic rings. The number of aldehydes is 1. The molecular weight excluding hydrogens is 316 g/mol. The Morgan fingerprint density at radius 2 is 1.64 bits per heavy atom. The molecule has 2 aromatic rings. The Labute approximate surface area is 147 Å². The molecule has 0 heterocycles. The van der Waals surface area contributed by atoms with Gasteiger partial charge in [0.1, 0.15) is 12.0 Å². The maximum atomic E-state index is 11.8. The van der Waals surface area contributed by atoms with Gasteiger partial charge in [0, 0.05) is 11.1 Å². The van der Waals surface area contributed by atoms with Crippen molar-refractivity contribution in [2.24, 2.45) is 0 Å². The van der Waals surface area contributed by atoms with Crippen LogP contribution in [-0.4, -0.2) is 24.5 Å². The van der Waals surface area contributed by atoms with Crippen LogP contribution in [0.4, 0.5) is 0 Å². The highest BCUT2D eigenvalue weighted by Crippen LogP contribution is 2.29. The number of carbonyl (C=O) groups is 2. The summed E-state index contributed by atoms with van der Waals surface area (Å²) in [5, 5.41) is 9.62.